The molecule has 0 unspecified atom stereocenters. The van der Waals surface area contributed by atoms with Crippen LogP contribution >= 0.6 is 57.6 Å². The first-order chi connectivity index (χ1) is 14.9. The Morgan fingerprint density at radius 3 is 2.52 bits per heavy atom. The zero-order chi connectivity index (χ0) is 22.4. The number of rotatable bonds is 8. The van der Waals surface area contributed by atoms with Crippen molar-refractivity contribution in [3.05, 3.63) is 67.5 Å². The first kappa shape index (κ1) is 23.8. The van der Waals surface area contributed by atoms with Crippen molar-refractivity contribution in [2.45, 2.75) is 25.2 Å². The molecule has 0 spiro atoms. The zero-order valence-corrected chi connectivity index (χ0v) is 20.8. The minimum absolute atomic E-state index is 0.133. The summed E-state index contributed by atoms with van der Waals surface area (Å²) >= 11 is 15.4. The molecule has 2 N–H and O–H groups in total. The number of nitrogens with zero attached hydrogens (tertiary/aromatic N) is 3. The topological polar surface area (TPSA) is 88.9 Å². The van der Waals surface area contributed by atoms with E-state index in [1.165, 1.54) is 17.8 Å². The van der Waals surface area contributed by atoms with Gasteiger partial charge in [-0.05, 0) is 72.0 Å². The van der Waals surface area contributed by atoms with Crippen LogP contribution in [-0.4, -0.2) is 32.3 Å². The molecule has 162 valence electrons. The summed E-state index contributed by atoms with van der Waals surface area (Å²) in [4.78, 5) is 24.6. The van der Waals surface area contributed by atoms with E-state index in [0.717, 1.165) is 9.26 Å². The molecular formula is C20H18Cl2IN5O2S. The van der Waals surface area contributed by atoms with Crippen LogP contribution in [0.5, 0.6) is 0 Å². The van der Waals surface area contributed by atoms with Crippen molar-refractivity contribution >= 4 is 75.1 Å². The Kier molecular flexibility index (Phi) is 8.58. The van der Waals surface area contributed by atoms with E-state index in [1.807, 2.05) is 35.8 Å². The number of thioether (sulfide) groups is 1. The Morgan fingerprint density at radius 2 is 1.84 bits per heavy atom. The second kappa shape index (κ2) is 11.2. The van der Waals surface area contributed by atoms with Crippen LogP contribution in [0.1, 0.15) is 23.1 Å². The van der Waals surface area contributed by atoms with Crippen molar-refractivity contribution in [3.63, 3.8) is 0 Å². The fourth-order valence-corrected chi connectivity index (χ4v) is 4.11. The van der Waals surface area contributed by atoms with Gasteiger partial charge in [-0.25, -0.2) is 0 Å². The maximum Gasteiger partial charge on any atom is 0.251 e. The molecule has 0 radical (unpaired) electrons. The van der Waals surface area contributed by atoms with Gasteiger partial charge in [-0.15, -0.1) is 10.2 Å². The van der Waals surface area contributed by atoms with Crippen molar-refractivity contribution < 1.29 is 9.59 Å². The van der Waals surface area contributed by atoms with Crippen LogP contribution in [0, 0.1) is 3.57 Å². The first-order valence-corrected chi connectivity index (χ1v) is 12.0. The van der Waals surface area contributed by atoms with Crippen molar-refractivity contribution in [2.24, 2.45) is 0 Å². The summed E-state index contributed by atoms with van der Waals surface area (Å²) < 4.78 is 2.96. The van der Waals surface area contributed by atoms with Crippen molar-refractivity contribution in [1.82, 2.24) is 20.1 Å². The zero-order valence-electron chi connectivity index (χ0n) is 16.4. The molecule has 2 aromatic carbocycles. The molecule has 3 aromatic rings. The average Bonchev–Trinajstić information content (AvgIpc) is 3.16. The number of nitrogens with one attached hydrogen (secondary N) is 2. The Labute approximate surface area is 207 Å². The Hall–Kier alpha value is -1.82. The Bertz CT molecular complexity index is 1090. The van der Waals surface area contributed by atoms with E-state index < -0.39 is 0 Å². The van der Waals surface area contributed by atoms with Gasteiger partial charge in [0, 0.05) is 21.4 Å². The summed E-state index contributed by atoms with van der Waals surface area (Å²) in [5.74, 6) is 0.359. The fraction of sp³-hybridized carbons (Fsp3) is 0.200. The second-order valence-corrected chi connectivity index (χ2v) is 9.30. The molecule has 0 saturated heterocycles. The Balaban J connectivity index is 1.57. The molecule has 31 heavy (non-hydrogen) atoms. The number of hydrogen-bond acceptors (Lipinski definition) is 5. The maximum absolute atomic E-state index is 12.4. The van der Waals surface area contributed by atoms with Crippen LogP contribution in [0.2, 0.25) is 10.0 Å². The molecule has 7 nitrogen and oxygen atoms in total. The smallest absolute Gasteiger partial charge is 0.251 e. The number of hydrogen-bond donors (Lipinski definition) is 2. The molecule has 0 aliphatic heterocycles. The van der Waals surface area contributed by atoms with Gasteiger partial charge in [-0.1, -0.05) is 35.0 Å². The summed E-state index contributed by atoms with van der Waals surface area (Å²) in [7, 11) is 0. The highest BCUT2D eigenvalue weighted by molar-refractivity contribution is 14.1. The molecule has 0 fully saturated rings. The Morgan fingerprint density at radius 1 is 1.10 bits per heavy atom. The molecule has 1 heterocycles. The maximum atomic E-state index is 12.4. The van der Waals surface area contributed by atoms with E-state index in [2.05, 4.69) is 43.4 Å². The lowest BCUT2D eigenvalue weighted by Crippen LogP contribution is -2.24. The van der Waals surface area contributed by atoms with Gasteiger partial charge in [-0.3, -0.25) is 9.59 Å². The number of halogens is 3. The van der Waals surface area contributed by atoms with Crippen LogP contribution in [-0.2, 0) is 17.9 Å². The second-order valence-electron chi connectivity index (χ2n) is 6.30. The monoisotopic (exact) mass is 589 g/mol. The number of carbonyl (C=O) groups excluding carboxylic acids is 2. The van der Waals surface area contributed by atoms with Gasteiger partial charge in [-0.2, -0.15) is 0 Å². The summed E-state index contributed by atoms with van der Waals surface area (Å²) in [5, 5.41) is 15.3. The SMILES string of the molecule is CCn1c(CNC(=O)c2ccc(Cl)c(Cl)c2)nnc1SCC(=O)Nc1ccc(I)cc1. The van der Waals surface area contributed by atoms with Crippen LogP contribution < -0.4 is 10.6 Å². The van der Waals surface area contributed by atoms with Gasteiger partial charge in [0.15, 0.2) is 11.0 Å². The van der Waals surface area contributed by atoms with E-state index in [1.54, 1.807) is 12.1 Å². The largest absolute Gasteiger partial charge is 0.345 e. The van der Waals surface area contributed by atoms with E-state index in [9.17, 15) is 9.59 Å². The number of anilines is 1. The molecule has 0 saturated carbocycles. The summed E-state index contributed by atoms with van der Waals surface area (Å²) in [5.41, 5.74) is 1.15. The van der Waals surface area contributed by atoms with Crippen LogP contribution in [0.15, 0.2) is 47.6 Å². The normalized spacial score (nSPS) is 10.7. The van der Waals surface area contributed by atoms with Gasteiger partial charge in [0.05, 0.1) is 22.3 Å². The average molecular weight is 590 g/mol. The molecule has 3 rings (SSSR count). The lowest BCUT2D eigenvalue weighted by molar-refractivity contribution is -0.113. The summed E-state index contributed by atoms with van der Waals surface area (Å²) in [6, 6.07) is 12.2. The van der Waals surface area contributed by atoms with Gasteiger partial charge in [0.1, 0.15) is 0 Å². The van der Waals surface area contributed by atoms with Crippen LogP contribution in [0.25, 0.3) is 0 Å². The van der Waals surface area contributed by atoms with Gasteiger partial charge in [0.2, 0.25) is 5.91 Å². The lowest BCUT2D eigenvalue weighted by Gasteiger charge is -2.09. The molecule has 2 amide bonds. The molecule has 11 heteroatoms. The van der Waals surface area contributed by atoms with E-state index in [-0.39, 0.29) is 24.1 Å². The highest BCUT2D eigenvalue weighted by Crippen LogP contribution is 2.23. The third-order valence-electron chi connectivity index (χ3n) is 4.16. The number of carbonyl (C=O) groups is 2. The first-order valence-electron chi connectivity index (χ1n) is 9.21. The van der Waals surface area contributed by atoms with Gasteiger partial charge < -0.3 is 15.2 Å². The predicted molar refractivity (Wildman–Crippen MR) is 132 cm³/mol. The van der Waals surface area contributed by atoms with Crippen molar-refractivity contribution in [1.29, 1.82) is 0 Å². The molecule has 0 bridgehead atoms. The molecular weight excluding hydrogens is 572 g/mol. The molecule has 1 aromatic heterocycles. The molecule has 0 atom stereocenters. The van der Waals surface area contributed by atoms with Crippen molar-refractivity contribution in [3.8, 4) is 0 Å². The minimum Gasteiger partial charge on any atom is -0.345 e. The van der Waals surface area contributed by atoms with Crippen LogP contribution in [0.3, 0.4) is 0 Å². The van der Waals surface area contributed by atoms with Gasteiger partial charge in [0.25, 0.3) is 5.91 Å². The standard InChI is InChI=1S/C20H18Cl2IN5O2S/c1-2-28-17(10-24-19(30)12-3-8-15(21)16(22)9-12)26-27-20(28)31-11-18(29)25-14-6-4-13(23)5-7-14/h3-9H,2,10-11H2,1H3,(H,24,30)(H,25,29). The predicted octanol–water partition coefficient (Wildman–Crippen LogP) is 4.87. The fourth-order valence-electron chi connectivity index (χ4n) is 2.63. The highest BCUT2D eigenvalue weighted by atomic mass is 127. The van der Waals surface area contributed by atoms with E-state index in [0.29, 0.717) is 33.1 Å². The number of benzene rings is 2. The molecule has 0 aliphatic carbocycles. The molecule has 0 aliphatic rings. The highest BCUT2D eigenvalue weighted by Gasteiger charge is 2.15. The third kappa shape index (κ3) is 6.58. The number of aromatic nitrogens is 3. The number of amides is 2. The quantitative estimate of drug-likeness (QED) is 0.289. The van der Waals surface area contributed by atoms with Crippen LogP contribution in [0.4, 0.5) is 5.69 Å². The third-order valence-corrected chi connectivity index (χ3v) is 6.58. The van der Waals surface area contributed by atoms with Crippen molar-refractivity contribution in [2.75, 3.05) is 11.1 Å². The summed E-state index contributed by atoms with van der Waals surface area (Å²) in [6.45, 7) is 2.74. The van der Waals surface area contributed by atoms with Gasteiger partial charge >= 0.3 is 0 Å². The lowest BCUT2D eigenvalue weighted by atomic mass is 10.2. The van der Waals surface area contributed by atoms with E-state index in [4.69, 9.17) is 23.2 Å². The minimum atomic E-state index is -0.296. The summed E-state index contributed by atoms with van der Waals surface area (Å²) in [6.07, 6.45) is 0. The van der Waals surface area contributed by atoms with E-state index >= 15 is 0 Å².